The summed E-state index contributed by atoms with van der Waals surface area (Å²) < 4.78 is 78.4. The number of fused-ring (bicyclic) bond motifs is 1. The third kappa shape index (κ3) is 4.69. The van der Waals surface area contributed by atoms with Crippen LogP contribution in [0.1, 0.15) is 24.8 Å². The summed E-state index contributed by atoms with van der Waals surface area (Å²) in [7, 11) is -3.75. The first-order valence-corrected chi connectivity index (χ1v) is 11.2. The van der Waals surface area contributed by atoms with E-state index in [0.29, 0.717) is 37.2 Å². The summed E-state index contributed by atoms with van der Waals surface area (Å²) in [5.74, 6) is 0. The maximum Gasteiger partial charge on any atom is 0.416 e. The zero-order valence-corrected chi connectivity index (χ0v) is 16.9. The van der Waals surface area contributed by atoms with Gasteiger partial charge in [0, 0.05) is 6.04 Å². The first kappa shape index (κ1) is 21.3. The summed E-state index contributed by atoms with van der Waals surface area (Å²) in [5.41, 5.74) is 0.130. The molecule has 9 heteroatoms. The molecule has 0 amide bonds. The molecule has 2 aromatic rings. The van der Waals surface area contributed by atoms with Crippen molar-refractivity contribution in [3.8, 4) is 11.1 Å². The van der Waals surface area contributed by atoms with Crippen molar-refractivity contribution >= 4 is 10.0 Å². The fourth-order valence-electron chi connectivity index (χ4n) is 3.96. The molecule has 0 spiro atoms. The van der Waals surface area contributed by atoms with Crippen molar-refractivity contribution < 1.29 is 31.1 Å². The third-order valence-corrected chi connectivity index (χ3v) is 7.02. The number of halogens is 3. The molecule has 2 aromatic carbocycles. The van der Waals surface area contributed by atoms with Crippen LogP contribution in [0.2, 0.25) is 0 Å². The second-order valence-electron chi connectivity index (χ2n) is 7.55. The van der Waals surface area contributed by atoms with Gasteiger partial charge in [0.15, 0.2) is 0 Å². The summed E-state index contributed by atoms with van der Waals surface area (Å²) in [4.78, 5) is 0.0705. The van der Waals surface area contributed by atoms with Gasteiger partial charge in [-0.25, -0.2) is 13.1 Å². The van der Waals surface area contributed by atoms with Crippen LogP contribution in [-0.4, -0.2) is 39.9 Å². The number of benzene rings is 2. The predicted octanol–water partition coefficient (Wildman–Crippen LogP) is 3.99. The predicted molar refractivity (Wildman–Crippen MR) is 104 cm³/mol. The lowest BCUT2D eigenvalue weighted by atomic mass is 9.90. The van der Waals surface area contributed by atoms with Crippen molar-refractivity contribution in [3.63, 3.8) is 0 Å². The van der Waals surface area contributed by atoms with Crippen LogP contribution in [0.3, 0.4) is 0 Å². The van der Waals surface area contributed by atoms with Gasteiger partial charge in [-0.15, -0.1) is 0 Å². The van der Waals surface area contributed by atoms with E-state index in [1.165, 1.54) is 30.3 Å². The molecule has 1 saturated heterocycles. The molecule has 0 aromatic heterocycles. The second-order valence-corrected chi connectivity index (χ2v) is 9.27. The topological polar surface area (TPSA) is 64.6 Å². The summed E-state index contributed by atoms with van der Waals surface area (Å²) in [6.45, 7) is 1.08. The molecule has 2 fully saturated rings. The Balaban J connectivity index is 1.47. The zero-order chi connectivity index (χ0) is 21.4. The van der Waals surface area contributed by atoms with Gasteiger partial charge in [0.25, 0.3) is 0 Å². The second kappa shape index (κ2) is 8.30. The SMILES string of the molecule is O=S(=O)(NC1CCC2OCCOC2C1)c1ccc(-c2cccc(C(F)(F)F)c2)cc1. The zero-order valence-electron chi connectivity index (χ0n) is 16.1. The Morgan fingerprint density at radius 2 is 1.60 bits per heavy atom. The fourth-order valence-corrected chi connectivity index (χ4v) is 5.25. The Labute approximate surface area is 173 Å². The van der Waals surface area contributed by atoms with Crippen LogP contribution < -0.4 is 4.72 Å². The van der Waals surface area contributed by atoms with E-state index in [9.17, 15) is 21.6 Å². The summed E-state index contributed by atoms with van der Waals surface area (Å²) in [5, 5.41) is 0. The van der Waals surface area contributed by atoms with Crippen LogP contribution in [-0.2, 0) is 25.7 Å². The average molecular weight is 441 g/mol. The lowest BCUT2D eigenvalue weighted by Gasteiger charge is -2.38. The number of nitrogens with one attached hydrogen (secondary N) is 1. The van der Waals surface area contributed by atoms with E-state index in [2.05, 4.69) is 4.72 Å². The maximum absolute atomic E-state index is 12.9. The number of sulfonamides is 1. The highest BCUT2D eigenvalue weighted by atomic mass is 32.2. The monoisotopic (exact) mass is 441 g/mol. The van der Waals surface area contributed by atoms with Gasteiger partial charge in [0.1, 0.15) is 0 Å². The first-order valence-electron chi connectivity index (χ1n) is 9.76. The average Bonchev–Trinajstić information content (AvgIpc) is 2.73. The molecule has 1 N–H and O–H groups in total. The molecule has 3 unspecified atom stereocenters. The van der Waals surface area contributed by atoms with E-state index < -0.39 is 21.8 Å². The molecule has 162 valence electrons. The number of alkyl halides is 3. The molecular formula is C21H22F3NO4S. The highest BCUT2D eigenvalue weighted by Gasteiger charge is 2.36. The minimum atomic E-state index is -4.44. The molecule has 0 bridgehead atoms. The Bertz CT molecular complexity index is 992. The van der Waals surface area contributed by atoms with Crippen LogP contribution in [0.15, 0.2) is 53.4 Å². The molecule has 1 aliphatic heterocycles. The van der Waals surface area contributed by atoms with Gasteiger partial charge in [-0.1, -0.05) is 24.3 Å². The molecule has 5 nitrogen and oxygen atoms in total. The minimum Gasteiger partial charge on any atom is -0.373 e. The molecule has 3 atom stereocenters. The molecular weight excluding hydrogens is 419 g/mol. The summed E-state index contributed by atoms with van der Waals surface area (Å²) >= 11 is 0. The lowest BCUT2D eigenvalue weighted by Crippen LogP contribution is -2.49. The Kier molecular flexibility index (Phi) is 5.89. The molecule has 1 saturated carbocycles. The largest absolute Gasteiger partial charge is 0.416 e. The van der Waals surface area contributed by atoms with Gasteiger partial charge >= 0.3 is 6.18 Å². The maximum atomic E-state index is 12.9. The normalized spacial score (nSPS) is 25.0. The van der Waals surface area contributed by atoms with Gasteiger partial charge in [-0.05, 0) is 54.7 Å². The Morgan fingerprint density at radius 3 is 2.30 bits per heavy atom. The van der Waals surface area contributed by atoms with Crippen molar-refractivity contribution in [2.24, 2.45) is 0 Å². The Hall–Kier alpha value is -1.94. The quantitative estimate of drug-likeness (QED) is 0.780. The van der Waals surface area contributed by atoms with E-state index in [0.717, 1.165) is 18.6 Å². The van der Waals surface area contributed by atoms with E-state index in [4.69, 9.17) is 9.47 Å². The van der Waals surface area contributed by atoms with Crippen molar-refractivity contribution in [3.05, 3.63) is 54.1 Å². The molecule has 30 heavy (non-hydrogen) atoms. The highest BCUT2D eigenvalue weighted by molar-refractivity contribution is 7.89. The van der Waals surface area contributed by atoms with Crippen molar-refractivity contribution in [2.45, 2.75) is 48.6 Å². The van der Waals surface area contributed by atoms with Crippen molar-refractivity contribution in [1.82, 2.24) is 4.72 Å². The van der Waals surface area contributed by atoms with Gasteiger partial charge in [-0.3, -0.25) is 0 Å². The smallest absolute Gasteiger partial charge is 0.373 e. The summed E-state index contributed by atoms with van der Waals surface area (Å²) in [6, 6.07) is 10.5. The Morgan fingerprint density at radius 1 is 0.900 bits per heavy atom. The molecule has 1 heterocycles. The van der Waals surface area contributed by atoms with Crippen molar-refractivity contribution in [2.75, 3.05) is 13.2 Å². The minimum absolute atomic E-state index is 0.0197. The first-order chi connectivity index (χ1) is 14.2. The van der Waals surface area contributed by atoms with Crippen LogP contribution >= 0.6 is 0 Å². The number of ether oxygens (including phenoxy) is 2. The fraction of sp³-hybridized carbons (Fsp3) is 0.429. The number of rotatable bonds is 4. The van der Waals surface area contributed by atoms with Crippen LogP contribution in [0.5, 0.6) is 0 Å². The lowest BCUT2D eigenvalue weighted by molar-refractivity contribution is -0.156. The number of hydrogen-bond donors (Lipinski definition) is 1. The van der Waals surface area contributed by atoms with Crippen LogP contribution in [0, 0.1) is 0 Å². The van der Waals surface area contributed by atoms with Crippen LogP contribution in [0.4, 0.5) is 13.2 Å². The molecule has 4 rings (SSSR count). The van der Waals surface area contributed by atoms with E-state index >= 15 is 0 Å². The van der Waals surface area contributed by atoms with Gasteiger partial charge in [0.2, 0.25) is 10.0 Å². The standard InChI is InChI=1S/C21H22F3NO4S/c22-21(23,24)16-3-1-2-15(12-16)14-4-7-18(8-5-14)30(26,27)25-17-6-9-19-20(13-17)29-11-10-28-19/h1-5,7-8,12,17,19-20,25H,6,9-11,13H2. The summed E-state index contributed by atoms with van der Waals surface area (Å²) in [6.07, 6.45) is -2.59. The highest BCUT2D eigenvalue weighted by Crippen LogP contribution is 2.32. The van der Waals surface area contributed by atoms with Crippen molar-refractivity contribution in [1.29, 1.82) is 0 Å². The molecule has 2 aliphatic rings. The third-order valence-electron chi connectivity index (χ3n) is 5.49. The van der Waals surface area contributed by atoms with Gasteiger partial charge < -0.3 is 9.47 Å². The van der Waals surface area contributed by atoms with Gasteiger partial charge in [0.05, 0.1) is 35.9 Å². The van der Waals surface area contributed by atoms with Crippen LogP contribution in [0.25, 0.3) is 11.1 Å². The van der Waals surface area contributed by atoms with E-state index in [1.807, 2.05) is 0 Å². The van der Waals surface area contributed by atoms with Gasteiger partial charge in [-0.2, -0.15) is 13.2 Å². The number of hydrogen-bond acceptors (Lipinski definition) is 4. The molecule has 1 aliphatic carbocycles. The molecule has 0 radical (unpaired) electrons. The van der Waals surface area contributed by atoms with E-state index in [1.54, 1.807) is 6.07 Å². The van der Waals surface area contributed by atoms with E-state index in [-0.39, 0.29) is 23.1 Å².